The normalized spacial score (nSPS) is 13.9. The lowest BCUT2D eigenvalue weighted by molar-refractivity contribution is 0.101. The fourth-order valence-corrected chi connectivity index (χ4v) is 2.08. The first kappa shape index (κ1) is 13.8. The molecule has 4 heteroatoms. The van der Waals surface area contributed by atoms with Gasteiger partial charge in [0.2, 0.25) is 0 Å². The van der Waals surface area contributed by atoms with Crippen LogP contribution in [0.25, 0.3) is 0 Å². The number of nitrogens with zero attached hydrogens (tertiary/aromatic N) is 1. The summed E-state index contributed by atoms with van der Waals surface area (Å²) in [6, 6.07) is 8.95. The van der Waals surface area contributed by atoms with Gasteiger partial charge in [-0.15, -0.1) is 0 Å². The molecule has 1 aromatic carbocycles. The Hall–Kier alpha value is -1.58. The smallest absolute Gasteiger partial charge is 0.137 e. The summed E-state index contributed by atoms with van der Waals surface area (Å²) in [4.78, 5) is 4.10. The van der Waals surface area contributed by atoms with Crippen LogP contribution in [0.4, 0.5) is 0 Å². The molecular weight excluding hydrogens is 262 g/mol. The number of rotatable bonds is 4. The zero-order valence-corrected chi connectivity index (χ0v) is 11.7. The zero-order chi connectivity index (χ0) is 13.9. The predicted octanol–water partition coefficient (Wildman–Crippen LogP) is 3.39. The van der Waals surface area contributed by atoms with Crippen LogP contribution < -0.4 is 4.74 Å². The zero-order valence-electron chi connectivity index (χ0n) is 10.9. The minimum atomic E-state index is -1.16. The fourth-order valence-electron chi connectivity index (χ4n) is 1.89. The molecule has 0 bridgehead atoms. The van der Waals surface area contributed by atoms with E-state index in [1.165, 1.54) is 0 Å². The number of ether oxygens (including phenoxy) is 1. The van der Waals surface area contributed by atoms with Crippen molar-refractivity contribution >= 4 is 11.6 Å². The number of benzene rings is 1. The molecule has 2 aromatic rings. The molecular formula is C15H16ClNO2. The Bertz CT molecular complexity index is 570. The summed E-state index contributed by atoms with van der Waals surface area (Å²) in [5.74, 6) is 0.641. The Morgan fingerprint density at radius 2 is 2.05 bits per heavy atom. The highest BCUT2D eigenvalue weighted by molar-refractivity contribution is 6.30. The summed E-state index contributed by atoms with van der Waals surface area (Å²) in [6.07, 6.45) is 3.25. The maximum Gasteiger partial charge on any atom is 0.137 e. The molecule has 0 amide bonds. The number of aromatic nitrogens is 1. The van der Waals surface area contributed by atoms with E-state index in [0.717, 1.165) is 5.56 Å². The van der Waals surface area contributed by atoms with E-state index < -0.39 is 5.60 Å². The van der Waals surface area contributed by atoms with Crippen molar-refractivity contribution < 1.29 is 9.84 Å². The van der Waals surface area contributed by atoms with Gasteiger partial charge in [-0.1, -0.05) is 23.7 Å². The first-order valence-corrected chi connectivity index (χ1v) is 6.48. The first-order chi connectivity index (χ1) is 9.04. The highest BCUT2D eigenvalue weighted by atomic mass is 35.5. The molecule has 1 N–H and O–H groups in total. The summed E-state index contributed by atoms with van der Waals surface area (Å²) < 4.78 is 5.40. The topological polar surface area (TPSA) is 42.4 Å². The Morgan fingerprint density at radius 1 is 1.26 bits per heavy atom. The Morgan fingerprint density at radius 3 is 2.74 bits per heavy atom. The summed E-state index contributed by atoms with van der Waals surface area (Å²) in [7, 11) is 0. The molecule has 0 saturated heterocycles. The van der Waals surface area contributed by atoms with Crippen LogP contribution >= 0.6 is 11.6 Å². The van der Waals surface area contributed by atoms with Crippen molar-refractivity contribution in [3.63, 3.8) is 0 Å². The summed E-state index contributed by atoms with van der Waals surface area (Å²) in [5.41, 5.74) is 0.224. The third kappa shape index (κ3) is 3.06. The SMILES string of the molecule is CCOc1cncc(C(C)(O)c2cccc(Cl)c2)c1. The van der Waals surface area contributed by atoms with Crippen molar-refractivity contribution in [1.29, 1.82) is 0 Å². The Balaban J connectivity index is 2.41. The van der Waals surface area contributed by atoms with Gasteiger partial charge in [0.25, 0.3) is 0 Å². The molecule has 1 aromatic heterocycles. The van der Waals surface area contributed by atoms with Crippen LogP contribution in [0.1, 0.15) is 25.0 Å². The van der Waals surface area contributed by atoms with Gasteiger partial charge in [0.1, 0.15) is 11.4 Å². The van der Waals surface area contributed by atoms with Crippen LogP contribution in [0.5, 0.6) is 5.75 Å². The number of hydrogen-bond donors (Lipinski definition) is 1. The van der Waals surface area contributed by atoms with Gasteiger partial charge in [-0.2, -0.15) is 0 Å². The molecule has 1 atom stereocenters. The van der Waals surface area contributed by atoms with Crippen molar-refractivity contribution in [1.82, 2.24) is 4.98 Å². The minimum Gasteiger partial charge on any atom is -0.492 e. The predicted molar refractivity (Wildman–Crippen MR) is 75.5 cm³/mol. The molecule has 2 rings (SSSR count). The second-order valence-electron chi connectivity index (χ2n) is 4.42. The molecule has 19 heavy (non-hydrogen) atoms. The molecule has 0 fully saturated rings. The maximum atomic E-state index is 10.7. The van der Waals surface area contributed by atoms with E-state index in [1.54, 1.807) is 37.5 Å². The minimum absolute atomic E-state index is 0.560. The van der Waals surface area contributed by atoms with E-state index >= 15 is 0 Å². The summed E-state index contributed by atoms with van der Waals surface area (Å²) in [5, 5.41) is 11.3. The second-order valence-corrected chi connectivity index (χ2v) is 4.86. The largest absolute Gasteiger partial charge is 0.492 e. The lowest BCUT2D eigenvalue weighted by atomic mass is 9.89. The van der Waals surface area contributed by atoms with Gasteiger partial charge in [-0.3, -0.25) is 4.98 Å². The van der Waals surface area contributed by atoms with Crippen LogP contribution in [0.15, 0.2) is 42.7 Å². The first-order valence-electron chi connectivity index (χ1n) is 6.10. The number of halogens is 1. The molecule has 1 heterocycles. The van der Waals surface area contributed by atoms with Crippen LogP contribution in [-0.2, 0) is 5.60 Å². The van der Waals surface area contributed by atoms with E-state index in [0.29, 0.717) is 22.9 Å². The second kappa shape index (κ2) is 5.59. The van der Waals surface area contributed by atoms with Gasteiger partial charge in [0.15, 0.2) is 0 Å². The molecule has 100 valence electrons. The molecule has 0 radical (unpaired) electrons. The number of hydrogen-bond acceptors (Lipinski definition) is 3. The van der Waals surface area contributed by atoms with Crippen molar-refractivity contribution in [2.75, 3.05) is 6.61 Å². The lowest BCUT2D eigenvalue weighted by Gasteiger charge is -2.24. The van der Waals surface area contributed by atoms with E-state index in [1.807, 2.05) is 19.1 Å². The number of pyridine rings is 1. The lowest BCUT2D eigenvalue weighted by Crippen LogP contribution is -2.23. The van der Waals surface area contributed by atoms with E-state index in [-0.39, 0.29) is 0 Å². The molecule has 0 aliphatic carbocycles. The van der Waals surface area contributed by atoms with Crippen molar-refractivity contribution in [2.45, 2.75) is 19.4 Å². The standard InChI is InChI=1S/C15H16ClNO2/c1-3-19-14-8-12(9-17-10-14)15(2,18)11-5-4-6-13(16)7-11/h4-10,18H,3H2,1-2H3. The third-order valence-electron chi connectivity index (χ3n) is 2.97. The summed E-state index contributed by atoms with van der Waals surface area (Å²) in [6.45, 7) is 4.18. The van der Waals surface area contributed by atoms with Crippen molar-refractivity contribution in [3.05, 3.63) is 58.9 Å². The van der Waals surface area contributed by atoms with Crippen LogP contribution in [0.3, 0.4) is 0 Å². The molecule has 0 spiro atoms. The highest BCUT2D eigenvalue weighted by Gasteiger charge is 2.26. The highest BCUT2D eigenvalue weighted by Crippen LogP contribution is 2.31. The summed E-state index contributed by atoms with van der Waals surface area (Å²) >= 11 is 5.97. The Kier molecular flexibility index (Phi) is 4.08. The fraction of sp³-hybridized carbons (Fsp3) is 0.267. The van der Waals surface area contributed by atoms with Gasteiger partial charge in [-0.05, 0) is 37.6 Å². The molecule has 3 nitrogen and oxygen atoms in total. The van der Waals surface area contributed by atoms with Gasteiger partial charge >= 0.3 is 0 Å². The van der Waals surface area contributed by atoms with Gasteiger partial charge < -0.3 is 9.84 Å². The van der Waals surface area contributed by atoms with Crippen LogP contribution in [0, 0.1) is 0 Å². The van der Waals surface area contributed by atoms with Gasteiger partial charge in [-0.25, -0.2) is 0 Å². The average molecular weight is 278 g/mol. The maximum absolute atomic E-state index is 10.7. The van der Waals surface area contributed by atoms with Gasteiger partial charge in [0.05, 0.1) is 12.8 Å². The monoisotopic (exact) mass is 277 g/mol. The third-order valence-corrected chi connectivity index (χ3v) is 3.21. The quantitative estimate of drug-likeness (QED) is 0.931. The van der Waals surface area contributed by atoms with Crippen molar-refractivity contribution in [3.8, 4) is 5.75 Å². The van der Waals surface area contributed by atoms with Crippen LogP contribution in [-0.4, -0.2) is 16.7 Å². The van der Waals surface area contributed by atoms with Crippen LogP contribution in [0.2, 0.25) is 5.02 Å². The molecule has 0 aliphatic heterocycles. The Labute approximate surface area is 117 Å². The van der Waals surface area contributed by atoms with Crippen molar-refractivity contribution in [2.24, 2.45) is 0 Å². The molecule has 1 unspecified atom stereocenters. The van der Waals surface area contributed by atoms with E-state index in [4.69, 9.17) is 16.3 Å². The molecule has 0 aliphatic rings. The van der Waals surface area contributed by atoms with E-state index in [9.17, 15) is 5.11 Å². The number of aliphatic hydroxyl groups is 1. The average Bonchev–Trinajstić information content (AvgIpc) is 2.39. The van der Waals surface area contributed by atoms with Gasteiger partial charge in [0, 0.05) is 16.8 Å². The molecule has 0 saturated carbocycles. The van der Waals surface area contributed by atoms with E-state index in [2.05, 4.69) is 4.98 Å².